The highest BCUT2D eigenvalue weighted by Gasteiger charge is 2.13. The van der Waals surface area contributed by atoms with E-state index in [0.29, 0.717) is 19.2 Å². The lowest BCUT2D eigenvalue weighted by Gasteiger charge is -1.91. The van der Waals surface area contributed by atoms with Crippen LogP contribution in [0.5, 0.6) is 0 Å². The van der Waals surface area contributed by atoms with E-state index in [1.54, 1.807) is 12.1 Å². The minimum absolute atomic E-state index is 0.153. The standard InChI is InChI=1S/C12H7N3O4S3/c16-9(17)4-8-14-15-12(21-8)22-11-13-6-2-1-5(10(18)19)3-7(6)20-11/h1-3H,4H2,(H,16,17)(H,18,19). The molecule has 7 nitrogen and oxygen atoms in total. The number of rotatable bonds is 5. The average Bonchev–Trinajstić information content (AvgIpc) is 3.03. The van der Waals surface area contributed by atoms with E-state index in [0.717, 1.165) is 4.70 Å². The van der Waals surface area contributed by atoms with Crippen LogP contribution in [0.15, 0.2) is 26.9 Å². The van der Waals surface area contributed by atoms with E-state index in [9.17, 15) is 9.59 Å². The molecule has 3 aromatic rings. The predicted molar refractivity (Wildman–Crippen MR) is 82.0 cm³/mol. The van der Waals surface area contributed by atoms with Crippen molar-refractivity contribution in [2.45, 2.75) is 15.1 Å². The molecule has 0 atom stereocenters. The zero-order valence-corrected chi connectivity index (χ0v) is 13.2. The molecule has 2 N–H and O–H groups in total. The Morgan fingerprint density at radius 3 is 2.68 bits per heavy atom. The van der Waals surface area contributed by atoms with E-state index >= 15 is 0 Å². The normalized spacial score (nSPS) is 10.9. The third kappa shape index (κ3) is 3.24. The van der Waals surface area contributed by atoms with Crippen molar-refractivity contribution in [1.29, 1.82) is 0 Å². The molecule has 0 fully saturated rings. The summed E-state index contributed by atoms with van der Waals surface area (Å²) in [4.78, 5) is 26.0. The summed E-state index contributed by atoms with van der Waals surface area (Å²) < 4.78 is 2.09. The summed E-state index contributed by atoms with van der Waals surface area (Å²) in [6.45, 7) is 0. The Hall–Kier alpha value is -2.04. The first-order chi connectivity index (χ1) is 10.5. The molecule has 0 unspecified atom stereocenters. The van der Waals surface area contributed by atoms with Crippen LogP contribution in [0.3, 0.4) is 0 Å². The van der Waals surface area contributed by atoms with Gasteiger partial charge in [0.25, 0.3) is 0 Å². The Kier molecular flexibility index (Phi) is 4.05. The third-order valence-electron chi connectivity index (χ3n) is 2.54. The number of aromatic nitrogens is 3. The molecule has 0 aliphatic carbocycles. The van der Waals surface area contributed by atoms with Crippen molar-refractivity contribution in [1.82, 2.24) is 15.2 Å². The van der Waals surface area contributed by atoms with Gasteiger partial charge < -0.3 is 10.2 Å². The van der Waals surface area contributed by atoms with E-state index in [4.69, 9.17) is 10.2 Å². The number of fused-ring (bicyclic) bond motifs is 1. The number of aromatic carboxylic acids is 1. The maximum Gasteiger partial charge on any atom is 0.335 e. The maximum atomic E-state index is 10.9. The molecule has 112 valence electrons. The molecule has 0 spiro atoms. The molecule has 0 saturated heterocycles. The summed E-state index contributed by atoms with van der Waals surface area (Å²) in [5.41, 5.74) is 0.931. The van der Waals surface area contributed by atoms with Gasteiger partial charge in [0.05, 0.1) is 22.2 Å². The van der Waals surface area contributed by atoms with Crippen LogP contribution >= 0.6 is 34.4 Å². The van der Waals surface area contributed by atoms with E-state index in [1.807, 2.05) is 0 Å². The summed E-state index contributed by atoms with van der Waals surface area (Å²) in [5.74, 6) is -1.93. The van der Waals surface area contributed by atoms with Crippen LogP contribution in [0.1, 0.15) is 15.4 Å². The van der Waals surface area contributed by atoms with Gasteiger partial charge in [-0.1, -0.05) is 11.3 Å². The summed E-state index contributed by atoms with van der Waals surface area (Å²) in [6.07, 6.45) is -0.153. The fourth-order valence-electron chi connectivity index (χ4n) is 1.64. The quantitative estimate of drug-likeness (QED) is 0.719. The van der Waals surface area contributed by atoms with Gasteiger partial charge in [-0.05, 0) is 30.0 Å². The second-order valence-electron chi connectivity index (χ2n) is 4.10. The van der Waals surface area contributed by atoms with Crippen LogP contribution in [0.2, 0.25) is 0 Å². The molecule has 2 aromatic heterocycles. The van der Waals surface area contributed by atoms with Crippen LogP contribution in [-0.2, 0) is 11.2 Å². The Morgan fingerprint density at radius 2 is 1.95 bits per heavy atom. The van der Waals surface area contributed by atoms with Crippen molar-refractivity contribution in [2.24, 2.45) is 0 Å². The van der Waals surface area contributed by atoms with Gasteiger partial charge in [-0.15, -0.1) is 21.5 Å². The number of benzene rings is 1. The molecule has 0 aliphatic heterocycles. The van der Waals surface area contributed by atoms with Crippen molar-refractivity contribution in [2.75, 3.05) is 0 Å². The molecule has 0 amide bonds. The summed E-state index contributed by atoms with van der Waals surface area (Å²) in [6, 6.07) is 4.75. The van der Waals surface area contributed by atoms with Gasteiger partial charge in [0, 0.05) is 0 Å². The van der Waals surface area contributed by atoms with Crippen molar-refractivity contribution in [3.63, 3.8) is 0 Å². The molecule has 0 saturated carbocycles. The molecular weight excluding hydrogens is 346 g/mol. The van der Waals surface area contributed by atoms with Crippen LogP contribution in [0, 0.1) is 0 Å². The number of carbonyl (C=O) groups is 2. The Morgan fingerprint density at radius 1 is 1.14 bits per heavy atom. The fraction of sp³-hybridized carbons (Fsp3) is 0.0833. The van der Waals surface area contributed by atoms with E-state index in [1.165, 1.54) is 40.5 Å². The van der Waals surface area contributed by atoms with Crippen LogP contribution in [-0.4, -0.2) is 37.3 Å². The highest BCUT2D eigenvalue weighted by atomic mass is 32.2. The smallest absolute Gasteiger partial charge is 0.335 e. The van der Waals surface area contributed by atoms with Crippen LogP contribution in [0.25, 0.3) is 10.2 Å². The van der Waals surface area contributed by atoms with Gasteiger partial charge in [0.2, 0.25) is 0 Å². The summed E-state index contributed by atoms with van der Waals surface area (Å²) in [5, 5.41) is 25.8. The number of hydrogen-bond acceptors (Lipinski definition) is 8. The average molecular weight is 353 g/mol. The first-order valence-corrected chi connectivity index (χ1v) is 8.32. The minimum Gasteiger partial charge on any atom is -0.481 e. The zero-order valence-electron chi connectivity index (χ0n) is 10.7. The molecule has 0 aliphatic rings. The van der Waals surface area contributed by atoms with E-state index < -0.39 is 11.9 Å². The van der Waals surface area contributed by atoms with Gasteiger partial charge in [-0.25, -0.2) is 9.78 Å². The number of nitrogens with zero attached hydrogens (tertiary/aromatic N) is 3. The van der Waals surface area contributed by atoms with Crippen molar-refractivity contribution >= 4 is 56.6 Å². The molecule has 3 rings (SSSR count). The van der Waals surface area contributed by atoms with Gasteiger partial charge in [-0.2, -0.15) is 0 Å². The maximum absolute atomic E-state index is 10.9. The molecule has 0 radical (unpaired) electrons. The van der Waals surface area contributed by atoms with Gasteiger partial charge in [0.15, 0.2) is 8.68 Å². The molecule has 0 bridgehead atoms. The zero-order chi connectivity index (χ0) is 15.7. The highest BCUT2D eigenvalue weighted by Crippen LogP contribution is 2.36. The predicted octanol–water partition coefficient (Wildman–Crippen LogP) is 2.62. The number of thiazole rings is 1. The molecule has 1 aromatic carbocycles. The second-order valence-corrected chi connectivity index (χ2v) is 7.69. The molecule has 2 heterocycles. The van der Waals surface area contributed by atoms with Crippen LogP contribution < -0.4 is 0 Å². The largest absolute Gasteiger partial charge is 0.481 e. The second kappa shape index (κ2) is 5.99. The lowest BCUT2D eigenvalue weighted by molar-refractivity contribution is -0.136. The Labute approximate surface area is 135 Å². The number of carboxylic acids is 2. The van der Waals surface area contributed by atoms with Gasteiger partial charge >= 0.3 is 11.9 Å². The van der Waals surface area contributed by atoms with Gasteiger partial charge in [-0.3, -0.25) is 4.79 Å². The van der Waals surface area contributed by atoms with Crippen molar-refractivity contribution in [3.05, 3.63) is 28.8 Å². The van der Waals surface area contributed by atoms with Crippen LogP contribution in [0.4, 0.5) is 0 Å². The lowest BCUT2D eigenvalue weighted by atomic mass is 10.2. The molecule has 22 heavy (non-hydrogen) atoms. The van der Waals surface area contributed by atoms with Crippen molar-refractivity contribution < 1.29 is 19.8 Å². The highest BCUT2D eigenvalue weighted by molar-refractivity contribution is 8.02. The third-order valence-corrected chi connectivity index (χ3v) is 5.59. The van der Waals surface area contributed by atoms with Crippen molar-refractivity contribution in [3.8, 4) is 0 Å². The number of hydrogen-bond donors (Lipinski definition) is 2. The number of carboxylic acid groups (broad SMARTS) is 2. The Bertz CT molecular complexity index is 874. The van der Waals surface area contributed by atoms with E-state index in [2.05, 4.69) is 15.2 Å². The van der Waals surface area contributed by atoms with Gasteiger partial charge in [0.1, 0.15) is 5.01 Å². The SMILES string of the molecule is O=C(O)Cc1nnc(Sc2nc3ccc(C(=O)O)cc3s2)s1. The fourth-order valence-corrected chi connectivity index (χ4v) is 4.83. The number of aliphatic carboxylic acids is 1. The molecular formula is C12H7N3O4S3. The first-order valence-electron chi connectivity index (χ1n) is 5.87. The molecule has 10 heteroatoms. The summed E-state index contributed by atoms with van der Waals surface area (Å²) in [7, 11) is 0. The first kappa shape index (κ1) is 14.9. The Balaban J connectivity index is 1.83. The topological polar surface area (TPSA) is 113 Å². The monoisotopic (exact) mass is 353 g/mol. The van der Waals surface area contributed by atoms with E-state index in [-0.39, 0.29) is 12.0 Å². The lowest BCUT2D eigenvalue weighted by Crippen LogP contribution is -1.98. The minimum atomic E-state index is -0.980. The summed E-state index contributed by atoms with van der Waals surface area (Å²) >= 11 is 3.85.